The molecule has 0 aliphatic rings. The summed E-state index contributed by atoms with van der Waals surface area (Å²) >= 11 is 0. The van der Waals surface area contributed by atoms with Crippen LogP contribution in [-0.2, 0) is 4.74 Å². The maximum Gasteiger partial charge on any atom is 0.338 e. The highest BCUT2D eigenvalue weighted by Crippen LogP contribution is 2.20. The van der Waals surface area contributed by atoms with Crippen LogP contribution in [0.2, 0.25) is 0 Å². The van der Waals surface area contributed by atoms with E-state index in [1.165, 1.54) is 0 Å². The molecule has 0 fully saturated rings. The highest BCUT2D eigenvalue weighted by atomic mass is 16.5. The van der Waals surface area contributed by atoms with E-state index < -0.39 is 0 Å². The van der Waals surface area contributed by atoms with E-state index in [2.05, 4.69) is 10.6 Å². The van der Waals surface area contributed by atoms with Crippen molar-refractivity contribution < 1.29 is 14.3 Å². The van der Waals surface area contributed by atoms with Crippen LogP contribution in [-0.4, -0.2) is 18.6 Å². The van der Waals surface area contributed by atoms with E-state index in [4.69, 9.17) is 4.74 Å². The minimum atomic E-state index is -0.376. The largest absolute Gasteiger partial charge is 0.462 e. The average molecular weight is 312 g/mol. The van der Waals surface area contributed by atoms with Gasteiger partial charge in [-0.25, -0.2) is 9.59 Å². The van der Waals surface area contributed by atoms with Gasteiger partial charge >= 0.3 is 12.0 Å². The van der Waals surface area contributed by atoms with E-state index in [0.29, 0.717) is 17.9 Å². The Morgan fingerprint density at radius 2 is 1.57 bits per heavy atom. The standard InChI is InChI=1S/C18H20N2O3/c1-4-23-17(21)14-8-10-15(11-9-14)19-18(22)20-16-12(2)6-5-7-13(16)3/h5-11H,4H2,1-3H3,(H2,19,20,22). The predicted octanol–water partition coefficient (Wildman–Crippen LogP) is 4.12. The average Bonchev–Trinajstić information content (AvgIpc) is 2.52. The topological polar surface area (TPSA) is 67.4 Å². The van der Waals surface area contributed by atoms with Gasteiger partial charge < -0.3 is 15.4 Å². The first kappa shape index (κ1) is 16.5. The molecular weight excluding hydrogens is 292 g/mol. The molecule has 5 nitrogen and oxygen atoms in total. The smallest absolute Gasteiger partial charge is 0.338 e. The molecule has 0 unspecified atom stereocenters. The fourth-order valence-electron chi connectivity index (χ4n) is 2.19. The molecule has 0 aromatic heterocycles. The van der Waals surface area contributed by atoms with E-state index in [1.54, 1.807) is 31.2 Å². The molecule has 0 aliphatic heterocycles. The van der Waals surface area contributed by atoms with Crippen LogP contribution in [0.3, 0.4) is 0 Å². The predicted molar refractivity (Wildman–Crippen MR) is 91.0 cm³/mol. The lowest BCUT2D eigenvalue weighted by Gasteiger charge is -2.12. The van der Waals surface area contributed by atoms with Gasteiger partial charge in [0.05, 0.1) is 12.2 Å². The molecule has 5 heteroatoms. The van der Waals surface area contributed by atoms with Crippen molar-refractivity contribution in [3.8, 4) is 0 Å². The second-order valence-corrected chi connectivity index (χ2v) is 5.14. The molecule has 2 rings (SSSR count). The molecule has 0 spiro atoms. The number of amides is 2. The van der Waals surface area contributed by atoms with Crippen molar-refractivity contribution in [2.24, 2.45) is 0 Å². The molecule has 2 N–H and O–H groups in total. The van der Waals surface area contributed by atoms with Gasteiger partial charge in [0.25, 0.3) is 0 Å². The van der Waals surface area contributed by atoms with Crippen molar-refractivity contribution in [3.05, 3.63) is 59.2 Å². The quantitative estimate of drug-likeness (QED) is 0.834. The summed E-state index contributed by atoms with van der Waals surface area (Å²) in [6.07, 6.45) is 0. The summed E-state index contributed by atoms with van der Waals surface area (Å²) in [5, 5.41) is 5.58. The first-order valence-corrected chi connectivity index (χ1v) is 7.42. The van der Waals surface area contributed by atoms with E-state index in [1.807, 2.05) is 32.0 Å². The first-order chi connectivity index (χ1) is 11.0. The number of carbonyl (C=O) groups is 2. The summed E-state index contributed by atoms with van der Waals surface area (Å²) < 4.78 is 4.92. The van der Waals surface area contributed by atoms with Gasteiger partial charge in [-0.2, -0.15) is 0 Å². The number of rotatable bonds is 4. The molecule has 0 atom stereocenters. The van der Waals surface area contributed by atoms with Crippen LogP contribution in [0.15, 0.2) is 42.5 Å². The molecule has 0 bridgehead atoms. The van der Waals surface area contributed by atoms with Gasteiger partial charge in [0, 0.05) is 11.4 Å². The van der Waals surface area contributed by atoms with Crippen molar-refractivity contribution in [1.29, 1.82) is 0 Å². The number of esters is 1. The highest BCUT2D eigenvalue weighted by Gasteiger charge is 2.09. The van der Waals surface area contributed by atoms with Crippen molar-refractivity contribution in [3.63, 3.8) is 0 Å². The number of hydrogen-bond acceptors (Lipinski definition) is 3. The van der Waals surface area contributed by atoms with E-state index in [9.17, 15) is 9.59 Å². The zero-order chi connectivity index (χ0) is 16.8. The lowest BCUT2D eigenvalue weighted by atomic mass is 10.1. The third kappa shape index (κ3) is 4.32. The zero-order valence-electron chi connectivity index (χ0n) is 13.5. The Hall–Kier alpha value is -2.82. The summed E-state index contributed by atoms with van der Waals surface area (Å²) in [6.45, 7) is 5.97. The number of benzene rings is 2. The Bertz CT molecular complexity index is 688. The Balaban J connectivity index is 2.02. The number of ether oxygens (including phenoxy) is 1. The molecule has 0 aliphatic carbocycles. The SMILES string of the molecule is CCOC(=O)c1ccc(NC(=O)Nc2c(C)cccc2C)cc1. The maximum absolute atomic E-state index is 12.1. The van der Waals surface area contributed by atoms with Gasteiger partial charge in [-0.1, -0.05) is 18.2 Å². The molecule has 0 radical (unpaired) electrons. The Labute approximate surface area is 135 Å². The Morgan fingerprint density at radius 3 is 2.13 bits per heavy atom. The van der Waals surface area contributed by atoms with Gasteiger partial charge in [-0.15, -0.1) is 0 Å². The number of aryl methyl sites for hydroxylation is 2. The molecule has 2 amide bonds. The molecule has 0 saturated carbocycles. The number of carbonyl (C=O) groups excluding carboxylic acids is 2. The lowest BCUT2D eigenvalue weighted by molar-refractivity contribution is 0.0526. The number of nitrogens with one attached hydrogen (secondary N) is 2. The zero-order valence-corrected chi connectivity index (χ0v) is 13.5. The van der Waals surface area contributed by atoms with Gasteiger partial charge in [-0.3, -0.25) is 0 Å². The second kappa shape index (κ2) is 7.45. The van der Waals surface area contributed by atoms with Gasteiger partial charge in [-0.05, 0) is 56.2 Å². The third-order valence-electron chi connectivity index (χ3n) is 3.37. The van der Waals surface area contributed by atoms with Crippen molar-refractivity contribution in [1.82, 2.24) is 0 Å². The highest BCUT2D eigenvalue weighted by molar-refractivity contribution is 6.01. The summed E-state index contributed by atoms with van der Waals surface area (Å²) in [4.78, 5) is 23.7. The van der Waals surface area contributed by atoms with Crippen molar-refractivity contribution in [2.75, 3.05) is 17.2 Å². The van der Waals surface area contributed by atoms with Crippen LogP contribution in [0.1, 0.15) is 28.4 Å². The molecule has 2 aromatic rings. The van der Waals surface area contributed by atoms with Crippen LogP contribution in [0.4, 0.5) is 16.2 Å². The Morgan fingerprint density at radius 1 is 0.957 bits per heavy atom. The maximum atomic E-state index is 12.1. The van der Waals surface area contributed by atoms with Gasteiger partial charge in [0.2, 0.25) is 0 Å². The summed E-state index contributed by atoms with van der Waals surface area (Å²) in [6, 6.07) is 12.1. The van der Waals surface area contributed by atoms with Crippen LogP contribution < -0.4 is 10.6 Å². The van der Waals surface area contributed by atoms with Crippen LogP contribution >= 0.6 is 0 Å². The second-order valence-electron chi connectivity index (χ2n) is 5.14. The fourth-order valence-corrected chi connectivity index (χ4v) is 2.19. The minimum Gasteiger partial charge on any atom is -0.462 e. The molecule has 2 aromatic carbocycles. The van der Waals surface area contributed by atoms with Gasteiger partial charge in [0.1, 0.15) is 0 Å². The number of para-hydroxylation sites is 1. The fraction of sp³-hybridized carbons (Fsp3) is 0.222. The molecule has 0 heterocycles. The molecule has 120 valence electrons. The van der Waals surface area contributed by atoms with E-state index in [-0.39, 0.29) is 12.0 Å². The molecular formula is C18H20N2O3. The van der Waals surface area contributed by atoms with E-state index >= 15 is 0 Å². The minimum absolute atomic E-state index is 0.328. The van der Waals surface area contributed by atoms with Gasteiger partial charge in [0.15, 0.2) is 0 Å². The summed E-state index contributed by atoms with van der Waals surface area (Å²) in [7, 11) is 0. The van der Waals surface area contributed by atoms with Crippen molar-refractivity contribution >= 4 is 23.4 Å². The Kier molecular flexibility index (Phi) is 5.36. The lowest BCUT2D eigenvalue weighted by Crippen LogP contribution is -2.20. The van der Waals surface area contributed by atoms with Crippen LogP contribution in [0.25, 0.3) is 0 Å². The first-order valence-electron chi connectivity index (χ1n) is 7.42. The number of anilines is 2. The number of urea groups is 1. The van der Waals surface area contributed by atoms with Crippen LogP contribution in [0.5, 0.6) is 0 Å². The number of hydrogen-bond donors (Lipinski definition) is 2. The van der Waals surface area contributed by atoms with Crippen molar-refractivity contribution in [2.45, 2.75) is 20.8 Å². The third-order valence-corrected chi connectivity index (χ3v) is 3.37. The molecule has 0 saturated heterocycles. The molecule has 23 heavy (non-hydrogen) atoms. The summed E-state index contributed by atoms with van der Waals surface area (Å²) in [5.74, 6) is -0.376. The normalized spacial score (nSPS) is 10.0. The van der Waals surface area contributed by atoms with Crippen LogP contribution in [0, 0.1) is 13.8 Å². The van der Waals surface area contributed by atoms with E-state index in [0.717, 1.165) is 16.8 Å². The summed E-state index contributed by atoms with van der Waals surface area (Å²) in [5.41, 5.74) is 3.85. The monoisotopic (exact) mass is 312 g/mol.